The Hall–Kier alpha value is -2.39. The highest BCUT2D eigenvalue weighted by Crippen LogP contribution is 2.24. The third-order valence-corrected chi connectivity index (χ3v) is 5.02. The van der Waals surface area contributed by atoms with Crippen LogP contribution in [0.2, 0.25) is 0 Å². The SMILES string of the molecule is COC(=O)Cn1c(=NC(=O)c2ccno2)sc2cc(SC)ccc21. The van der Waals surface area contributed by atoms with E-state index in [-0.39, 0.29) is 12.3 Å². The van der Waals surface area contributed by atoms with Gasteiger partial charge >= 0.3 is 11.9 Å². The smallest absolute Gasteiger partial charge is 0.325 e. The third-order valence-electron chi connectivity index (χ3n) is 3.25. The van der Waals surface area contributed by atoms with Gasteiger partial charge in [-0.3, -0.25) is 9.59 Å². The van der Waals surface area contributed by atoms with Crippen LogP contribution < -0.4 is 4.80 Å². The number of ether oxygens (including phenoxy) is 1. The number of esters is 1. The number of benzene rings is 1. The zero-order valence-corrected chi connectivity index (χ0v) is 14.5. The maximum atomic E-state index is 12.2. The fourth-order valence-corrected chi connectivity index (χ4v) is 3.66. The van der Waals surface area contributed by atoms with Crippen molar-refractivity contribution in [2.75, 3.05) is 13.4 Å². The van der Waals surface area contributed by atoms with Crippen molar-refractivity contribution in [1.29, 1.82) is 0 Å². The van der Waals surface area contributed by atoms with E-state index in [2.05, 4.69) is 10.1 Å². The van der Waals surface area contributed by atoms with Crippen LogP contribution >= 0.6 is 23.1 Å². The normalized spacial score (nSPS) is 11.8. The topological polar surface area (TPSA) is 86.7 Å². The minimum atomic E-state index is -0.553. The molecular weight excluding hydrogens is 350 g/mol. The van der Waals surface area contributed by atoms with Crippen molar-refractivity contribution in [2.45, 2.75) is 11.4 Å². The van der Waals surface area contributed by atoms with Crippen LogP contribution in [-0.2, 0) is 16.1 Å². The molecule has 0 unspecified atom stereocenters. The molecule has 0 fully saturated rings. The molecule has 3 aromatic rings. The molecule has 3 rings (SSSR count). The highest BCUT2D eigenvalue weighted by Gasteiger charge is 2.14. The lowest BCUT2D eigenvalue weighted by Crippen LogP contribution is -2.22. The molecule has 9 heteroatoms. The van der Waals surface area contributed by atoms with Gasteiger partial charge in [0.25, 0.3) is 0 Å². The number of rotatable bonds is 4. The van der Waals surface area contributed by atoms with Crippen LogP contribution in [0.5, 0.6) is 0 Å². The van der Waals surface area contributed by atoms with E-state index in [9.17, 15) is 9.59 Å². The van der Waals surface area contributed by atoms with E-state index < -0.39 is 11.9 Å². The Bertz CT molecular complexity index is 957. The molecule has 124 valence electrons. The van der Waals surface area contributed by atoms with E-state index in [4.69, 9.17) is 9.26 Å². The highest BCUT2D eigenvalue weighted by atomic mass is 32.2. The first kappa shape index (κ1) is 16.5. The summed E-state index contributed by atoms with van der Waals surface area (Å²) in [6.45, 7) is -0.0301. The monoisotopic (exact) mass is 363 g/mol. The Kier molecular flexibility index (Phi) is 4.81. The van der Waals surface area contributed by atoms with Gasteiger partial charge in [-0.1, -0.05) is 16.5 Å². The number of nitrogens with zero attached hydrogens (tertiary/aromatic N) is 3. The molecule has 0 N–H and O–H groups in total. The zero-order chi connectivity index (χ0) is 17.1. The molecule has 1 amide bonds. The van der Waals surface area contributed by atoms with E-state index in [1.54, 1.807) is 16.3 Å². The number of carbonyl (C=O) groups excluding carboxylic acids is 2. The van der Waals surface area contributed by atoms with E-state index >= 15 is 0 Å². The Balaban J connectivity index is 2.15. The molecular formula is C15H13N3O4S2. The van der Waals surface area contributed by atoms with E-state index in [1.807, 2.05) is 24.5 Å². The molecule has 0 saturated carbocycles. The number of carbonyl (C=O) groups is 2. The number of hydrogen-bond acceptors (Lipinski definition) is 7. The Morgan fingerprint density at radius 1 is 1.42 bits per heavy atom. The standard InChI is InChI=1S/C15H13N3O4S2/c1-21-13(19)8-18-10-4-3-9(23-2)7-12(10)24-15(18)17-14(20)11-5-6-16-22-11/h3-7H,8H2,1-2H3. The summed E-state index contributed by atoms with van der Waals surface area (Å²) in [5.74, 6) is -0.929. The number of thiazole rings is 1. The Morgan fingerprint density at radius 2 is 2.25 bits per heavy atom. The van der Waals surface area contributed by atoms with Gasteiger partial charge in [-0.15, -0.1) is 11.8 Å². The molecule has 2 aromatic heterocycles. The molecule has 0 atom stereocenters. The third kappa shape index (κ3) is 3.26. The quantitative estimate of drug-likeness (QED) is 0.522. The molecule has 24 heavy (non-hydrogen) atoms. The Labute approximate surface area is 144 Å². The zero-order valence-electron chi connectivity index (χ0n) is 12.9. The maximum Gasteiger partial charge on any atom is 0.325 e. The van der Waals surface area contributed by atoms with Crippen LogP contribution in [0.4, 0.5) is 0 Å². The second-order valence-corrected chi connectivity index (χ2v) is 6.56. The number of hydrogen-bond donors (Lipinski definition) is 0. The maximum absolute atomic E-state index is 12.2. The molecule has 0 spiro atoms. The minimum Gasteiger partial charge on any atom is -0.468 e. The van der Waals surface area contributed by atoms with Gasteiger partial charge < -0.3 is 13.8 Å². The first-order chi connectivity index (χ1) is 11.6. The largest absolute Gasteiger partial charge is 0.468 e. The van der Waals surface area contributed by atoms with E-state index in [1.165, 1.54) is 30.7 Å². The van der Waals surface area contributed by atoms with Crippen LogP contribution in [0.1, 0.15) is 10.6 Å². The lowest BCUT2D eigenvalue weighted by Gasteiger charge is -2.03. The number of methoxy groups -OCH3 is 1. The van der Waals surface area contributed by atoms with Crippen molar-refractivity contribution in [3.05, 3.63) is 41.0 Å². The number of thioether (sulfide) groups is 1. The van der Waals surface area contributed by atoms with E-state index in [0.29, 0.717) is 4.80 Å². The van der Waals surface area contributed by atoms with Crippen LogP contribution in [0.15, 0.2) is 44.9 Å². The summed E-state index contributed by atoms with van der Waals surface area (Å²) in [4.78, 5) is 29.4. The van der Waals surface area contributed by atoms with Gasteiger partial charge in [0, 0.05) is 11.0 Å². The summed E-state index contributed by atoms with van der Waals surface area (Å²) in [5.41, 5.74) is 0.812. The minimum absolute atomic E-state index is 0.0301. The van der Waals surface area contributed by atoms with Crippen molar-refractivity contribution in [1.82, 2.24) is 9.72 Å². The summed E-state index contributed by atoms with van der Waals surface area (Å²) in [6.07, 6.45) is 3.36. The van der Waals surface area contributed by atoms with Gasteiger partial charge in [0.2, 0.25) is 5.76 Å². The number of amides is 1. The van der Waals surface area contributed by atoms with Crippen LogP contribution in [0.3, 0.4) is 0 Å². The van der Waals surface area contributed by atoms with Crippen molar-refractivity contribution in [3.63, 3.8) is 0 Å². The molecule has 0 aliphatic rings. The molecule has 0 bridgehead atoms. The highest BCUT2D eigenvalue weighted by molar-refractivity contribution is 7.98. The van der Waals surface area contributed by atoms with Crippen LogP contribution in [0.25, 0.3) is 10.2 Å². The summed E-state index contributed by atoms with van der Waals surface area (Å²) in [7, 11) is 1.32. The Morgan fingerprint density at radius 3 is 2.92 bits per heavy atom. The summed E-state index contributed by atoms with van der Waals surface area (Å²) >= 11 is 2.94. The average molecular weight is 363 g/mol. The molecule has 2 heterocycles. The first-order valence-corrected chi connectivity index (χ1v) is 8.90. The predicted octanol–water partition coefficient (Wildman–Crippen LogP) is 2.33. The van der Waals surface area contributed by atoms with Crippen molar-refractivity contribution < 1.29 is 18.8 Å². The van der Waals surface area contributed by atoms with Gasteiger partial charge in [0.15, 0.2) is 4.80 Å². The van der Waals surface area contributed by atoms with Crippen molar-refractivity contribution >= 4 is 45.2 Å². The second-order valence-electron chi connectivity index (χ2n) is 4.67. The van der Waals surface area contributed by atoms with Gasteiger partial charge in [-0.05, 0) is 24.5 Å². The summed E-state index contributed by atoms with van der Waals surface area (Å²) < 4.78 is 12.1. The van der Waals surface area contributed by atoms with Gasteiger partial charge in [0.1, 0.15) is 6.54 Å². The van der Waals surface area contributed by atoms with Crippen molar-refractivity contribution in [3.8, 4) is 0 Å². The number of fused-ring (bicyclic) bond motifs is 1. The average Bonchev–Trinajstić information content (AvgIpc) is 3.23. The summed E-state index contributed by atoms with van der Waals surface area (Å²) in [5, 5.41) is 3.50. The van der Waals surface area contributed by atoms with Crippen LogP contribution in [-0.4, -0.2) is 35.0 Å². The van der Waals surface area contributed by atoms with Crippen LogP contribution in [0, 0.1) is 0 Å². The summed E-state index contributed by atoms with van der Waals surface area (Å²) in [6, 6.07) is 7.29. The van der Waals surface area contributed by atoms with Gasteiger partial charge in [0.05, 0.1) is 23.5 Å². The predicted molar refractivity (Wildman–Crippen MR) is 90.0 cm³/mol. The first-order valence-electron chi connectivity index (χ1n) is 6.86. The fraction of sp³-hybridized carbons (Fsp3) is 0.200. The van der Waals surface area contributed by atoms with Gasteiger partial charge in [-0.25, -0.2) is 0 Å². The number of aromatic nitrogens is 2. The molecule has 0 radical (unpaired) electrons. The van der Waals surface area contributed by atoms with E-state index in [0.717, 1.165) is 15.1 Å². The fourth-order valence-electron chi connectivity index (χ4n) is 2.08. The molecule has 0 aliphatic heterocycles. The van der Waals surface area contributed by atoms with Crippen molar-refractivity contribution in [2.24, 2.45) is 4.99 Å². The molecule has 1 aromatic carbocycles. The molecule has 0 saturated heterocycles. The molecule has 0 aliphatic carbocycles. The second kappa shape index (κ2) is 7.02. The molecule has 7 nitrogen and oxygen atoms in total. The van der Waals surface area contributed by atoms with Gasteiger partial charge in [-0.2, -0.15) is 4.99 Å². The lowest BCUT2D eigenvalue weighted by atomic mass is 10.3. The lowest BCUT2D eigenvalue weighted by molar-refractivity contribution is -0.141.